The Labute approximate surface area is 157 Å². The topological polar surface area (TPSA) is 35.5 Å². The summed E-state index contributed by atoms with van der Waals surface area (Å²) in [6, 6.07) is 12.2. The Hall–Kier alpha value is -2.29. The maximum absolute atomic E-state index is 12.0. The molecule has 3 nitrogen and oxygen atoms in total. The second kappa shape index (κ2) is 8.39. The summed E-state index contributed by atoms with van der Waals surface area (Å²) in [4.78, 5) is 12.0. The molecule has 0 heterocycles. The number of benzene rings is 2. The number of esters is 1. The molecule has 0 saturated carbocycles. The largest absolute Gasteiger partial charge is 0.493 e. The van der Waals surface area contributed by atoms with Crippen LogP contribution in [0.1, 0.15) is 55.0 Å². The Morgan fingerprint density at radius 3 is 2.23 bits per heavy atom. The van der Waals surface area contributed by atoms with Gasteiger partial charge in [-0.25, -0.2) is 0 Å². The molecule has 0 N–H and O–H groups in total. The van der Waals surface area contributed by atoms with E-state index in [0.29, 0.717) is 13.2 Å². The van der Waals surface area contributed by atoms with Crippen molar-refractivity contribution in [3.63, 3.8) is 0 Å². The Bertz CT molecular complexity index is 746. The SMILES string of the molecule is Cc1cccc(OCCC(=O)OCc2c(C)cc(C(C)(C)C)cc2C)c1. The average molecular weight is 354 g/mol. The predicted molar refractivity (Wildman–Crippen MR) is 106 cm³/mol. The summed E-state index contributed by atoms with van der Waals surface area (Å²) < 4.78 is 11.1. The summed E-state index contributed by atoms with van der Waals surface area (Å²) in [7, 11) is 0. The number of aryl methyl sites for hydroxylation is 3. The van der Waals surface area contributed by atoms with Crippen LogP contribution >= 0.6 is 0 Å². The number of hydrogen-bond acceptors (Lipinski definition) is 3. The number of rotatable bonds is 6. The van der Waals surface area contributed by atoms with Crippen LogP contribution in [-0.4, -0.2) is 12.6 Å². The van der Waals surface area contributed by atoms with Gasteiger partial charge in [-0.15, -0.1) is 0 Å². The Morgan fingerprint density at radius 1 is 1.00 bits per heavy atom. The molecule has 0 unspecified atom stereocenters. The molecule has 0 aliphatic rings. The van der Waals surface area contributed by atoms with Crippen LogP contribution in [-0.2, 0) is 21.6 Å². The number of ether oxygens (including phenoxy) is 2. The molecule has 0 aliphatic heterocycles. The predicted octanol–water partition coefficient (Wildman–Crippen LogP) is 5.42. The van der Waals surface area contributed by atoms with Crippen molar-refractivity contribution in [2.75, 3.05) is 6.61 Å². The van der Waals surface area contributed by atoms with Crippen LogP contribution in [0.5, 0.6) is 5.75 Å². The number of carbonyl (C=O) groups excluding carboxylic acids is 1. The summed E-state index contributed by atoms with van der Waals surface area (Å²) in [5.74, 6) is 0.540. The molecule has 2 aromatic rings. The van der Waals surface area contributed by atoms with Crippen molar-refractivity contribution in [2.24, 2.45) is 0 Å². The molecule has 0 atom stereocenters. The Morgan fingerprint density at radius 2 is 1.65 bits per heavy atom. The van der Waals surface area contributed by atoms with E-state index in [-0.39, 0.29) is 17.8 Å². The van der Waals surface area contributed by atoms with Crippen LogP contribution in [0, 0.1) is 20.8 Å². The third-order valence-corrected chi connectivity index (χ3v) is 4.50. The van der Waals surface area contributed by atoms with Crippen LogP contribution in [0.25, 0.3) is 0 Å². The molecule has 26 heavy (non-hydrogen) atoms. The van der Waals surface area contributed by atoms with Crippen LogP contribution in [0.2, 0.25) is 0 Å². The number of carbonyl (C=O) groups is 1. The van der Waals surface area contributed by atoms with E-state index >= 15 is 0 Å². The van der Waals surface area contributed by atoms with Crippen molar-refractivity contribution in [3.05, 3.63) is 64.2 Å². The summed E-state index contributed by atoms with van der Waals surface area (Å²) in [5.41, 5.74) is 5.96. The smallest absolute Gasteiger partial charge is 0.309 e. The summed E-state index contributed by atoms with van der Waals surface area (Å²) in [6.07, 6.45) is 0.242. The van der Waals surface area contributed by atoms with Gasteiger partial charge in [0.05, 0.1) is 13.0 Å². The Kier molecular flexibility index (Phi) is 6.47. The molecule has 0 aliphatic carbocycles. The first kappa shape index (κ1) is 20.0. The van der Waals surface area contributed by atoms with Gasteiger partial charge in [0.15, 0.2) is 0 Å². The first-order chi connectivity index (χ1) is 12.2. The van der Waals surface area contributed by atoms with Gasteiger partial charge in [-0.1, -0.05) is 45.0 Å². The molecule has 0 bridgehead atoms. The van der Waals surface area contributed by atoms with Crippen molar-refractivity contribution in [1.29, 1.82) is 0 Å². The normalized spacial score (nSPS) is 11.3. The van der Waals surface area contributed by atoms with E-state index in [1.54, 1.807) is 0 Å². The third-order valence-electron chi connectivity index (χ3n) is 4.50. The van der Waals surface area contributed by atoms with E-state index in [0.717, 1.165) is 16.9 Å². The minimum atomic E-state index is -0.239. The van der Waals surface area contributed by atoms with Gasteiger partial charge in [-0.2, -0.15) is 0 Å². The van der Waals surface area contributed by atoms with Gasteiger partial charge >= 0.3 is 5.97 Å². The molecule has 0 amide bonds. The lowest BCUT2D eigenvalue weighted by Gasteiger charge is -2.22. The van der Waals surface area contributed by atoms with Crippen molar-refractivity contribution >= 4 is 5.97 Å². The molecule has 0 spiro atoms. The average Bonchev–Trinajstić information content (AvgIpc) is 2.53. The van der Waals surface area contributed by atoms with Crippen LogP contribution in [0.15, 0.2) is 36.4 Å². The van der Waals surface area contributed by atoms with Crippen molar-refractivity contribution < 1.29 is 14.3 Å². The maximum atomic E-state index is 12.0. The van der Waals surface area contributed by atoms with Crippen molar-refractivity contribution in [3.8, 4) is 5.75 Å². The molecule has 140 valence electrons. The standard InChI is InChI=1S/C23H30O3/c1-16-8-7-9-20(12-16)25-11-10-22(24)26-15-21-17(2)13-19(14-18(21)3)23(4,5)6/h7-9,12-14H,10-11,15H2,1-6H3. The quantitative estimate of drug-likeness (QED) is 0.650. The van der Waals surface area contributed by atoms with Gasteiger partial charge < -0.3 is 9.47 Å². The molecular formula is C23H30O3. The molecule has 0 radical (unpaired) electrons. The van der Waals surface area contributed by atoms with E-state index in [1.165, 1.54) is 16.7 Å². The summed E-state index contributed by atoms with van der Waals surface area (Å²) in [5, 5.41) is 0. The monoisotopic (exact) mass is 354 g/mol. The van der Waals surface area contributed by atoms with Gasteiger partial charge in [-0.05, 0) is 66.1 Å². The highest BCUT2D eigenvalue weighted by atomic mass is 16.5. The zero-order valence-corrected chi connectivity index (χ0v) is 16.8. The third kappa shape index (κ3) is 5.62. The van der Waals surface area contributed by atoms with Gasteiger partial charge in [-0.3, -0.25) is 4.79 Å². The van der Waals surface area contributed by atoms with Gasteiger partial charge in [0.25, 0.3) is 0 Å². The highest BCUT2D eigenvalue weighted by Crippen LogP contribution is 2.27. The first-order valence-electron chi connectivity index (χ1n) is 9.12. The molecule has 2 rings (SSSR count). The molecule has 0 aromatic heterocycles. The molecular weight excluding hydrogens is 324 g/mol. The van der Waals surface area contributed by atoms with E-state index in [2.05, 4.69) is 46.8 Å². The van der Waals surface area contributed by atoms with Gasteiger partial charge in [0.1, 0.15) is 12.4 Å². The first-order valence-corrected chi connectivity index (χ1v) is 9.12. The lowest BCUT2D eigenvalue weighted by atomic mass is 9.84. The fourth-order valence-electron chi connectivity index (χ4n) is 2.84. The van der Waals surface area contributed by atoms with Crippen molar-refractivity contribution in [2.45, 2.75) is 60.0 Å². The lowest BCUT2D eigenvalue weighted by Crippen LogP contribution is -2.14. The van der Waals surface area contributed by atoms with E-state index in [9.17, 15) is 4.79 Å². The highest BCUT2D eigenvalue weighted by molar-refractivity contribution is 5.69. The molecule has 0 saturated heterocycles. The zero-order chi connectivity index (χ0) is 19.3. The van der Waals surface area contributed by atoms with Crippen LogP contribution < -0.4 is 4.74 Å². The molecule has 3 heteroatoms. The zero-order valence-electron chi connectivity index (χ0n) is 16.8. The molecule has 2 aromatic carbocycles. The summed E-state index contributed by atoms with van der Waals surface area (Å²) >= 11 is 0. The van der Waals surface area contributed by atoms with E-state index in [4.69, 9.17) is 9.47 Å². The van der Waals surface area contributed by atoms with Crippen LogP contribution in [0.4, 0.5) is 0 Å². The van der Waals surface area contributed by atoms with Crippen LogP contribution in [0.3, 0.4) is 0 Å². The van der Waals surface area contributed by atoms with E-state index < -0.39 is 0 Å². The summed E-state index contributed by atoms with van der Waals surface area (Å²) in [6.45, 7) is 13.4. The maximum Gasteiger partial charge on any atom is 0.309 e. The van der Waals surface area contributed by atoms with Gasteiger partial charge in [0, 0.05) is 0 Å². The highest BCUT2D eigenvalue weighted by Gasteiger charge is 2.17. The van der Waals surface area contributed by atoms with E-state index in [1.807, 2.05) is 31.2 Å². The fraction of sp³-hybridized carbons (Fsp3) is 0.435. The fourth-order valence-corrected chi connectivity index (χ4v) is 2.84. The second-order valence-electron chi connectivity index (χ2n) is 7.91. The number of hydrogen-bond donors (Lipinski definition) is 0. The van der Waals surface area contributed by atoms with Gasteiger partial charge in [0.2, 0.25) is 0 Å². The lowest BCUT2D eigenvalue weighted by molar-refractivity contribution is -0.145. The van der Waals surface area contributed by atoms with Crippen molar-refractivity contribution in [1.82, 2.24) is 0 Å². The second-order valence-corrected chi connectivity index (χ2v) is 7.91. The Balaban J connectivity index is 1.87. The minimum Gasteiger partial charge on any atom is -0.493 e. The molecule has 0 fully saturated rings. The minimum absolute atomic E-state index is 0.109.